The first-order chi connectivity index (χ1) is 16.8. The van der Waals surface area contributed by atoms with E-state index < -0.39 is 34.9 Å². The number of carboxylic acid groups (broad SMARTS) is 3. The average molecular weight is 511 g/mol. The van der Waals surface area contributed by atoms with E-state index in [1.807, 2.05) is 53.4 Å². The maximum absolute atomic E-state index is 11.7. The van der Waals surface area contributed by atoms with E-state index in [2.05, 4.69) is 0 Å². The van der Waals surface area contributed by atoms with Crippen molar-refractivity contribution in [3.63, 3.8) is 0 Å². The highest BCUT2D eigenvalue weighted by atomic mass is 19.4. The predicted molar refractivity (Wildman–Crippen MR) is 117 cm³/mol. The Labute approximate surface area is 203 Å². The first kappa shape index (κ1) is 26.8. The molecule has 1 saturated carbocycles. The summed E-state index contributed by atoms with van der Waals surface area (Å²) in [7, 11) is 1.57. The topological polar surface area (TPSA) is 134 Å². The zero-order chi connectivity index (χ0) is 26.7. The normalized spacial score (nSPS) is 22.6. The summed E-state index contributed by atoms with van der Waals surface area (Å²) in [5.41, 5.74) is -0.368. The second-order valence-corrected chi connectivity index (χ2v) is 8.66. The molecular formula is C24H24F3NO8. The SMILES string of the molecule is COc1cc(CN2C[C@@]3(C(=O)O)C[C@@]3(C(=O)O)C2)ccc1OCc1ccccc1.O=C(O)C(F)(F)F. The predicted octanol–water partition coefficient (Wildman–Crippen LogP) is 3.27. The minimum atomic E-state index is -5.08. The van der Waals surface area contributed by atoms with Gasteiger partial charge in [-0.1, -0.05) is 36.4 Å². The third-order valence-corrected chi connectivity index (χ3v) is 6.31. The van der Waals surface area contributed by atoms with Crippen LogP contribution in [0.4, 0.5) is 13.2 Å². The van der Waals surface area contributed by atoms with Crippen molar-refractivity contribution < 1.29 is 52.3 Å². The third-order valence-electron chi connectivity index (χ3n) is 6.31. The number of carbonyl (C=O) groups is 3. The van der Waals surface area contributed by atoms with Gasteiger partial charge in [-0.05, 0) is 29.7 Å². The molecule has 2 aromatic carbocycles. The Balaban J connectivity index is 0.000000454. The van der Waals surface area contributed by atoms with Gasteiger partial charge in [0.05, 0.1) is 17.9 Å². The van der Waals surface area contributed by atoms with Crippen LogP contribution < -0.4 is 9.47 Å². The van der Waals surface area contributed by atoms with E-state index in [9.17, 15) is 33.0 Å². The molecule has 0 aromatic heterocycles. The first-order valence-corrected chi connectivity index (χ1v) is 10.7. The van der Waals surface area contributed by atoms with Crippen molar-refractivity contribution in [2.45, 2.75) is 25.7 Å². The number of halogens is 3. The lowest BCUT2D eigenvalue weighted by atomic mass is 9.97. The lowest BCUT2D eigenvalue weighted by Crippen LogP contribution is -2.28. The van der Waals surface area contributed by atoms with Crippen molar-refractivity contribution in [2.24, 2.45) is 10.8 Å². The maximum atomic E-state index is 11.7. The van der Waals surface area contributed by atoms with E-state index in [4.69, 9.17) is 19.4 Å². The van der Waals surface area contributed by atoms with Gasteiger partial charge in [-0.15, -0.1) is 0 Å². The summed E-state index contributed by atoms with van der Waals surface area (Å²) in [4.78, 5) is 34.1. The van der Waals surface area contributed by atoms with Crippen LogP contribution in [0.1, 0.15) is 17.5 Å². The molecule has 194 valence electrons. The number of hydrogen-bond acceptors (Lipinski definition) is 6. The molecule has 1 saturated heterocycles. The quantitative estimate of drug-likeness (QED) is 0.488. The monoisotopic (exact) mass is 511 g/mol. The Kier molecular flexibility index (Phi) is 7.48. The van der Waals surface area contributed by atoms with E-state index in [-0.39, 0.29) is 19.5 Å². The number of fused-ring (bicyclic) bond motifs is 1. The second-order valence-electron chi connectivity index (χ2n) is 8.66. The maximum Gasteiger partial charge on any atom is 0.490 e. The summed E-state index contributed by atoms with van der Waals surface area (Å²) in [5.74, 6) is -3.60. The number of methoxy groups -OCH3 is 1. The molecule has 0 spiro atoms. The Bertz CT molecular complexity index is 1110. The van der Waals surface area contributed by atoms with E-state index in [1.165, 1.54) is 0 Å². The Morgan fingerprint density at radius 3 is 1.94 bits per heavy atom. The summed E-state index contributed by atoms with van der Waals surface area (Å²) >= 11 is 0. The fraction of sp³-hybridized carbons (Fsp3) is 0.375. The molecule has 0 radical (unpaired) electrons. The van der Waals surface area contributed by atoms with Crippen LogP contribution in [0.25, 0.3) is 0 Å². The number of nitrogens with zero attached hydrogens (tertiary/aromatic N) is 1. The van der Waals surface area contributed by atoms with Crippen molar-refractivity contribution in [1.82, 2.24) is 4.90 Å². The number of aliphatic carboxylic acids is 3. The van der Waals surface area contributed by atoms with Gasteiger partial charge in [0.15, 0.2) is 11.5 Å². The second kappa shape index (κ2) is 10.1. The molecule has 2 fully saturated rings. The number of ether oxygens (including phenoxy) is 2. The highest BCUT2D eigenvalue weighted by molar-refractivity contribution is 5.94. The van der Waals surface area contributed by atoms with Crippen molar-refractivity contribution in [3.8, 4) is 11.5 Å². The number of carboxylic acids is 3. The van der Waals surface area contributed by atoms with Gasteiger partial charge in [0.25, 0.3) is 0 Å². The van der Waals surface area contributed by atoms with Gasteiger partial charge in [0.1, 0.15) is 6.61 Å². The lowest BCUT2D eigenvalue weighted by Gasteiger charge is -2.20. The number of piperidine rings is 1. The minimum absolute atomic E-state index is 0.205. The first-order valence-electron chi connectivity index (χ1n) is 10.7. The molecule has 3 N–H and O–H groups in total. The molecule has 1 heterocycles. The molecular weight excluding hydrogens is 487 g/mol. The molecule has 0 bridgehead atoms. The van der Waals surface area contributed by atoms with Crippen LogP contribution in [-0.4, -0.2) is 64.5 Å². The van der Waals surface area contributed by atoms with E-state index in [0.29, 0.717) is 24.7 Å². The molecule has 2 atom stereocenters. The Morgan fingerprint density at radius 1 is 0.917 bits per heavy atom. The number of likely N-dealkylation sites (tertiary alicyclic amines) is 1. The van der Waals surface area contributed by atoms with Crippen LogP contribution in [0.2, 0.25) is 0 Å². The van der Waals surface area contributed by atoms with Gasteiger partial charge >= 0.3 is 24.1 Å². The molecule has 0 unspecified atom stereocenters. The van der Waals surface area contributed by atoms with Crippen molar-refractivity contribution in [2.75, 3.05) is 20.2 Å². The molecule has 9 nitrogen and oxygen atoms in total. The highest BCUT2D eigenvalue weighted by Crippen LogP contribution is 2.68. The molecule has 36 heavy (non-hydrogen) atoms. The van der Waals surface area contributed by atoms with Crippen LogP contribution >= 0.6 is 0 Å². The fourth-order valence-electron chi connectivity index (χ4n) is 4.44. The van der Waals surface area contributed by atoms with Crippen molar-refractivity contribution in [3.05, 3.63) is 59.7 Å². The smallest absolute Gasteiger partial charge is 0.490 e. The van der Waals surface area contributed by atoms with Gasteiger partial charge in [-0.2, -0.15) is 13.2 Å². The van der Waals surface area contributed by atoms with Gasteiger partial charge in [-0.25, -0.2) is 4.79 Å². The molecule has 12 heteroatoms. The Hall–Kier alpha value is -3.80. The van der Waals surface area contributed by atoms with Crippen molar-refractivity contribution >= 4 is 17.9 Å². The summed E-state index contributed by atoms with van der Waals surface area (Å²) in [5, 5.41) is 26.2. The molecule has 0 amide bonds. The summed E-state index contributed by atoms with van der Waals surface area (Å²) in [6, 6.07) is 15.4. The lowest BCUT2D eigenvalue weighted by molar-refractivity contribution is -0.192. The van der Waals surface area contributed by atoms with Crippen molar-refractivity contribution in [1.29, 1.82) is 0 Å². The zero-order valence-corrected chi connectivity index (χ0v) is 19.1. The molecule has 1 aliphatic heterocycles. The van der Waals surface area contributed by atoms with Gasteiger partial charge in [0, 0.05) is 19.6 Å². The minimum Gasteiger partial charge on any atom is -0.493 e. The number of alkyl halides is 3. The van der Waals surface area contributed by atoms with Crippen LogP contribution in [0.15, 0.2) is 48.5 Å². The largest absolute Gasteiger partial charge is 0.493 e. The van der Waals surface area contributed by atoms with E-state index >= 15 is 0 Å². The van der Waals surface area contributed by atoms with E-state index in [0.717, 1.165) is 11.1 Å². The van der Waals surface area contributed by atoms with E-state index in [1.54, 1.807) is 7.11 Å². The summed E-state index contributed by atoms with van der Waals surface area (Å²) in [6.07, 6.45) is -4.88. The molecule has 2 aromatic rings. The molecule has 1 aliphatic carbocycles. The highest BCUT2D eigenvalue weighted by Gasteiger charge is 2.80. The van der Waals surface area contributed by atoms with Gasteiger partial charge in [0.2, 0.25) is 0 Å². The number of benzene rings is 2. The summed E-state index contributed by atoms with van der Waals surface area (Å²) < 4.78 is 43.1. The van der Waals surface area contributed by atoms with Crippen LogP contribution in [-0.2, 0) is 27.5 Å². The standard InChI is InChI=1S/C22H23NO6.C2HF3O2/c1-28-18-9-16(7-8-17(18)29-11-15-5-3-2-4-6-15)10-23-13-21(19(24)25)12-22(21,14-23)20(26)27;3-2(4,5)1(6)7/h2-9H,10-14H2,1H3,(H,24,25)(H,26,27);(H,6,7)/t21-,22+;. The zero-order valence-electron chi connectivity index (χ0n) is 19.1. The average Bonchev–Trinajstić information content (AvgIpc) is 3.37. The van der Waals surface area contributed by atoms with Crippen LogP contribution in [0, 0.1) is 10.8 Å². The van der Waals surface area contributed by atoms with Crippen LogP contribution in [0.3, 0.4) is 0 Å². The Morgan fingerprint density at radius 2 is 1.47 bits per heavy atom. The number of hydrogen-bond donors (Lipinski definition) is 3. The van der Waals surface area contributed by atoms with Gasteiger partial charge < -0.3 is 24.8 Å². The number of rotatable bonds is 8. The molecule has 4 rings (SSSR count). The molecule has 2 aliphatic rings. The third kappa shape index (κ3) is 5.38. The van der Waals surface area contributed by atoms with Crippen LogP contribution in [0.5, 0.6) is 11.5 Å². The fourth-order valence-corrected chi connectivity index (χ4v) is 4.44. The van der Waals surface area contributed by atoms with Gasteiger partial charge in [-0.3, -0.25) is 14.5 Å². The summed E-state index contributed by atoms with van der Waals surface area (Å²) in [6.45, 7) is 1.36.